The Bertz CT molecular complexity index is 443. The van der Waals surface area contributed by atoms with Gasteiger partial charge in [-0.15, -0.1) is 10.2 Å². The second-order valence-electron chi connectivity index (χ2n) is 2.68. The third-order valence-corrected chi connectivity index (χ3v) is 2.49. The minimum absolute atomic E-state index is 0.513. The largest absolute Gasteiger partial charge is 0.150 e. The highest BCUT2D eigenvalue weighted by Gasteiger charge is 2.02. The molecule has 1 aromatic heterocycles. The second kappa shape index (κ2) is 3.95. The monoisotopic (exact) mass is 223 g/mol. The summed E-state index contributed by atoms with van der Waals surface area (Å²) in [5, 5.41) is 8.62. The molecule has 2 aromatic rings. The van der Waals surface area contributed by atoms with E-state index in [2.05, 4.69) is 16.4 Å². The topological polar surface area (TPSA) is 25.8 Å². The summed E-state index contributed by atoms with van der Waals surface area (Å²) in [6.45, 7) is 0. The van der Waals surface area contributed by atoms with Gasteiger partial charge in [-0.05, 0) is 24.3 Å². The zero-order valence-electron chi connectivity index (χ0n) is 7.04. The maximum absolute atomic E-state index is 5.88. The molecule has 0 saturated heterocycles. The Kier molecular flexibility index (Phi) is 2.66. The molecule has 0 aliphatic heterocycles. The molecule has 14 heavy (non-hydrogen) atoms. The Labute approximate surface area is 91.5 Å². The molecule has 0 atom stereocenters. The average molecular weight is 224 g/mol. The highest BCUT2D eigenvalue weighted by atomic mass is 35.5. The fourth-order valence-electron chi connectivity index (χ4n) is 1.08. The van der Waals surface area contributed by atoms with Gasteiger partial charge in [-0.3, -0.25) is 0 Å². The van der Waals surface area contributed by atoms with Crippen LogP contribution in [0.3, 0.4) is 0 Å². The molecule has 0 aliphatic carbocycles. The molecule has 1 radical (unpaired) electrons. The van der Waals surface area contributed by atoms with Gasteiger partial charge in [0.25, 0.3) is 0 Å². The lowest BCUT2D eigenvalue weighted by atomic mass is 10.1. The summed E-state index contributed by atoms with van der Waals surface area (Å²) in [6, 6.07) is 8.85. The quantitative estimate of drug-likeness (QED) is 0.742. The highest BCUT2D eigenvalue weighted by Crippen LogP contribution is 2.26. The molecule has 0 spiro atoms. The predicted molar refractivity (Wildman–Crippen MR) is 56.3 cm³/mol. The number of halogens is 2. The van der Waals surface area contributed by atoms with Gasteiger partial charge in [0, 0.05) is 5.56 Å². The Morgan fingerprint density at radius 1 is 1.07 bits per heavy atom. The Hall–Kier alpha value is -1.12. The zero-order valence-corrected chi connectivity index (χ0v) is 8.55. The van der Waals surface area contributed by atoms with Gasteiger partial charge in [0.1, 0.15) is 6.20 Å². The van der Waals surface area contributed by atoms with Gasteiger partial charge in [0.2, 0.25) is 0 Å². The van der Waals surface area contributed by atoms with Crippen molar-refractivity contribution in [2.75, 3.05) is 0 Å². The van der Waals surface area contributed by atoms with Gasteiger partial charge < -0.3 is 0 Å². The first-order valence-corrected chi connectivity index (χ1v) is 4.68. The summed E-state index contributed by atoms with van der Waals surface area (Å²) in [4.78, 5) is 0. The van der Waals surface area contributed by atoms with E-state index < -0.39 is 0 Å². The summed E-state index contributed by atoms with van der Waals surface area (Å²) in [5.41, 5.74) is 1.64. The van der Waals surface area contributed by atoms with Gasteiger partial charge in [-0.25, -0.2) is 0 Å². The smallest absolute Gasteiger partial charge is 0.113 e. The summed E-state index contributed by atoms with van der Waals surface area (Å²) in [6.07, 6.45) is 2.61. The van der Waals surface area contributed by atoms with Gasteiger partial charge >= 0.3 is 0 Å². The van der Waals surface area contributed by atoms with Crippen molar-refractivity contribution in [2.45, 2.75) is 0 Å². The van der Waals surface area contributed by atoms with Crippen LogP contribution in [0, 0.1) is 6.20 Å². The molecule has 4 heteroatoms. The van der Waals surface area contributed by atoms with Crippen LogP contribution in [-0.4, -0.2) is 10.2 Å². The molecule has 0 bridgehead atoms. The highest BCUT2D eigenvalue weighted by molar-refractivity contribution is 6.42. The molecule has 0 aliphatic rings. The molecule has 0 saturated carbocycles. The average Bonchev–Trinajstić information content (AvgIpc) is 2.23. The lowest BCUT2D eigenvalue weighted by Crippen LogP contribution is -1.85. The fraction of sp³-hybridized carbons (Fsp3) is 0. The summed E-state index contributed by atoms with van der Waals surface area (Å²) < 4.78 is 0. The van der Waals surface area contributed by atoms with Crippen molar-refractivity contribution in [1.29, 1.82) is 0 Å². The van der Waals surface area contributed by atoms with Gasteiger partial charge in [0.05, 0.1) is 15.7 Å². The van der Waals surface area contributed by atoms with E-state index in [-0.39, 0.29) is 0 Å². The van der Waals surface area contributed by atoms with Crippen molar-refractivity contribution < 1.29 is 0 Å². The van der Waals surface area contributed by atoms with E-state index >= 15 is 0 Å². The lowest BCUT2D eigenvalue weighted by molar-refractivity contribution is 1.03. The van der Waals surface area contributed by atoms with Crippen molar-refractivity contribution in [3.05, 3.63) is 46.6 Å². The molecule has 0 N–H and O–H groups in total. The van der Waals surface area contributed by atoms with E-state index in [4.69, 9.17) is 23.2 Å². The molecule has 0 unspecified atom stereocenters. The number of benzene rings is 1. The summed E-state index contributed by atoms with van der Waals surface area (Å²) in [5.74, 6) is 0. The van der Waals surface area contributed by atoms with E-state index in [1.165, 1.54) is 0 Å². The first kappa shape index (κ1) is 9.44. The zero-order chi connectivity index (χ0) is 9.97. The number of rotatable bonds is 1. The van der Waals surface area contributed by atoms with E-state index in [0.29, 0.717) is 10.0 Å². The van der Waals surface area contributed by atoms with Crippen molar-refractivity contribution in [2.24, 2.45) is 0 Å². The molecular formula is C10H5Cl2N2. The van der Waals surface area contributed by atoms with Gasteiger partial charge in [-0.1, -0.05) is 29.3 Å². The molecule has 1 heterocycles. The molecule has 1 aromatic carbocycles. The maximum atomic E-state index is 5.88. The van der Waals surface area contributed by atoms with E-state index in [9.17, 15) is 0 Å². The SMILES string of the molecule is Clc1ccc(-c2cc[c]nn2)cc1Cl. The number of aromatic nitrogens is 2. The Morgan fingerprint density at radius 3 is 2.57 bits per heavy atom. The van der Waals surface area contributed by atoms with Crippen molar-refractivity contribution in [3.63, 3.8) is 0 Å². The van der Waals surface area contributed by atoms with Crippen LogP contribution in [-0.2, 0) is 0 Å². The number of hydrogen-bond donors (Lipinski definition) is 0. The molecule has 0 amide bonds. The minimum Gasteiger partial charge on any atom is -0.150 e. The predicted octanol–water partition coefficient (Wildman–Crippen LogP) is 3.25. The van der Waals surface area contributed by atoms with Crippen LogP contribution in [0.5, 0.6) is 0 Å². The Morgan fingerprint density at radius 2 is 1.93 bits per heavy atom. The van der Waals surface area contributed by atoms with Crippen LogP contribution in [0.15, 0.2) is 30.3 Å². The summed E-state index contributed by atoms with van der Waals surface area (Å²) in [7, 11) is 0. The van der Waals surface area contributed by atoms with Crippen LogP contribution in [0.25, 0.3) is 11.3 Å². The van der Waals surface area contributed by atoms with Crippen molar-refractivity contribution >= 4 is 23.2 Å². The maximum Gasteiger partial charge on any atom is 0.113 e. The van der Waals surface area contributed by atoms with E-state index in [1.54, 1.807) is 18.2 Å². The lowest BCUT2D eigenvalue weighted by Gasteiger charge is -2.00. The molecular weight excluding hydrogens is 219 g/mol. The van der Waals surface area contributed by atoms with E-state index in [0.717, 1.165) is 11.3 Å². The molecule has 69 valence electrons. The third-order valence-electron chi connectivity index (χ3n) is 1.75. The van der Waals surface area contributed by atoms with Crippen LogP contribution >= 0.6 is 23.2 Å². The third kappa shape index (κ3) is 1.86. The van der Waals surface area contributed by atoms with Gasteiger partial charge in [-0.2, -0.15) is 0 Å². The molecule has 2 rings (SSSR count). The molecule has 0 fully saturated rings. The first-order valence-electron chi connectivity index (χ1n) is 3.92. The number of nitrogens with zero attached hydrogens (tertiary/aromatic N) is 2. The van der Waals surface area contributed by atoms with E-state index in [1.807, 2.05) is 12.1 Å². The first-order chi connectivity index (χ1) is 6.77. The van der Waals surface area contributed by atoms with Crippen molar-refractivity contribution in [3.8, 4) is 11.3 Å². The van der Waals surface area contributed by atoms with Gasteiger partial charge in [0.15, 0.2) is 0 Å². The fourth-order valence-corrected chi connectivity index (χ4v) is 1.37. The Balaban J connectivity index is 2.48. The van der Waals surface area contributed by atoms with Crippen LogP contribution in [0.4, 0.5) is 0 Å². The minimum atomic E-state index is 0.513. The summed E-state index contributed by atoms with van der Waals surface area (Å²) >= 11 is 11.7. The van der Waals surface area contributed by atoms with Crippen LogP contribution < -0.4 is 0 Å². The normalized spacial score (nSPS) is 10.1. The van der Waals surface area contributed by atoms with Crippen LogP contribution in [0.2, 0.25) is 10.0 Å². The van der Waals surface area contributed by atoms with Crippen molar-refractivity contribution in [1.82, 2.24) is 10.2 Å². The number of hydrogen-bond acceptors (Lipinski definition) is 2. The second-order valence-corrected chi connectivity index (χ2v) is 3.49. The van der Waals surface area contributed by atoms with Crippen LogP contribution in [0.1, 0.15) is 0 Å². The standard InChI is InChI=1S/C10H5Cl2N2/c11-8-4-3-7(6-9(8)12)10-2-1-5-13-14-10/h1-4,6H. The molecule has 2 nitrogen and oxygen atoms in total.